The van der Waals surface area contributed by atoms with Crippen LogP contribution < -0.4 is 5.32 Å². The minimum atomic E-state index is -0.172. The monoisotopic (exact) mass is 241 g/mol. The molecule has 0 aliphatic carbocycles. The Kier molecular flexibility index (Phi) is 4.05. The number of nitrogens with one attached hydrogen (secondary N) is 1. The number of ether oxygens (including phenoxy) is 2. The number of epoxide rings is 1. The summed E-state index contributed by atoms with van der Waals surface area (Å²) < 4.78 is 10.3. The van der Waals surface area contributed by atoms with Crippen molar-refractivity contribution >= 4 is 5.91 Å². The van der Waals surface area contributed by atoms with E-state index in [2.05, 4.69) is 19.2 Å². The van der Waals surface area contributed by atoms with Gasteiger partial charge in [0, 0.05) is 19.8 Å². The van der Waals surface area contributed by atoms with Gasteiger partial charge in [0.15, 0.2) is 6.10 Å². The Hall–Kier alpha value is -0.610. The molecule has 0 spiro atoms. The number of rotatable bonds is 5. The summed E-state index contributed by atoms with van der Waals surface area (Å²) in [5.74, 6) is 0.790. The Labute approximate surface area is 103 Å². The maximum Gasteiger partial charge on any atom is 0.251 e. The lowest BCUT2D eigenvalue weighted by Gasteiger charge is -2.32. The van der Waals surface area contributed by atoms with E-state index >= 15 is 0 Å². The van der Waals surface area contributed by atoms with Gasteiger partial charge in [0.2, 0.25) is 0 Å². The number of carbonyl (C=O) groups excluding carboxylic acids is 1. The largest absolute Gasteiger partial charge is 0.381 e. The number of hydrogen-bond donors (Lipinski definition) is 1. The van der Waals surface area contributed by atoms with Crippen LogP contribution in [0.25, 0.3) is 0 Å². The molecule has 2 rings (SSSR count). The Balaban J connectivity index is 1.70. The zero-order valence-corrected chi connectivity index (χ0v) is 10.8. The highest BCUT2D eigenvalue weighted by Gasteiger charge is 2.32. The molecule has 0 aromatic rings. The third kappa shape index (κ3) is 4.28. The summed E-state index contributed by atoms with van der Waals surface area (Å²) in [6, 6.07) is 0. The maximum absolute atomic E-state index is 11.5. The van der Waals surface area contributed by atoms with Crippen LogP contribution in [-0.2, 0) is 14.3 Å². The summed E-state index contributed by atoms with van der Waals surface area (Å²) in [7, 11) is 0. The Bertz CT molecular complexity index is 268. The van der Waals surface area contributed by atoms with Crippen LogP contribution in [0.1, 0.15) is 33.1 Å². The van der Waals surface area contributed by atoms with Crippen LogP contribution in [-0.4, -0.2) is 38.4 Å². The Morgan fingerprint density at radius 3 is 2.59 bits per heavy atom. The first-order chi connectivity index (χ1) is 8.07. The van der Waals surface area contributed by atoms with Gasteiger partial charge in [0.05, 0.1) is 6.61 Å². The van der Waals surface area contributed by atoms with Crippen molar-refractivity contribution in [3.63, 3.8) is 0 Å². The number of carbonyl (C=O) groups is 1. The molecule has 0 aromatic heterocycles. The average molecular weight is 241 g/mol. The van der Waals surface area contributed by atoms with E-state index in [0.29, 0.717) is 6.61 Å². The van der Waals surface area contributed by atoms with E-state index < -0.39 is 0 Å². The van der Waals surface area contributed by atoms with Gasteiger partial charge >= 0.3 is 0 Å². The third-order valence-corrected chi connectivity index (χ3v) is 3.55. The molecule has 1 N–H and O–H groups in total. The normalized spacial score (nSPS) is 25.6. The SMILES string of the molecule is CC(C)(CNC(=O)C1CO1)CC1CCOCC1. The van der Waals surface area contributed by atoms with E-state index in [9.17, 15) is 4.79 Å². The fourth-order valence-corrected chi connectivity index (χ4v) is 2.44. The molecule has 0 saturated carbocycles. The number of amides is 1. The molecule has 2 fully saturated rings. The van der Waals surface area contributed by atoms with E-state index in [1.807, 2.05) is 0 Å². The van der Waals surface area contributed by atoms with E-state index in [1.54, 1.807) is 0 Å². The molecule has 1 amide bonds. The first-order valence-corrected chi connectivity index (χ1v) is 6.54. The van der Waals surface area contributed by atoms with Gasteiger partial charge in [0.25, 0.3) is 5.91 Å². The minimum absolute atomic E-state index is 0.0463. The predicted octanol–water partition coefficient (Wildman–Crippen LogP) is 1.34. The molecule has 0 bridgehead atoms. The van der Waals surface area contributed by atoms with Crippen LogP contribution in [0, 0.1) is 11.3 Å². The van der Waals surface area contributed by atoms with Gasteiger partial charge in [-0.1, -0.05) is 13.8 Å². The highest BCUT2D eigenvalue weighted by Crippen LogP contribution is 2.30. The second-order valence-electron chi connectivity index (χ2n) is 5.96. The van der Waals surface area contributed by atoms with Gasteiger partial charge in [-0.25, -0.2) is 0 Å². The topological polar surface area (TPSA) is 50.9 Å². The Morgan fingerprint density at radius 1 is 1.35 bits per heavy atom. The van der Waals surface area contributed by atoms with E-state index in [1.165, 1.54) is 0 Å². The highest BCUT2D eigenvalue weighted by atomic mass is 16.6. The molecule has 0 radical (unpaired) electrons. The summed E-state index contributed by atoms with van der Waals surface area (Å²) in [5.41, 5.74) is 0.159. The van der Waals surface area contributed by atoms with Gasteiger partial charge in [-0.15, -0.1) is 0 Å². The first-order valence-electron chi connectivity index (χ1n) is 6.54. The summed E-state index contributed by atoms with van der Waals surface area (Å²) in [4.78, 5) is 11.5. The van der Waals surface area contributed by atoms with Crippen molar-refractivity contribution in [3.05, 3.63) is 0 Å². The van der Waals surface area contributed by atoms with Crippen molar-refractivity contribution in [2.75, 3.05) is 26.4 Å². The molecule has 1 unspecified atom stereocenters. The van der Waals surface area contributed by atoms with Gasteiger partial charge in [-0.3, -0.25) is 4.79 Å². The molecule has 17 heavy (non-hydrogen) atoms. The smallest absolute Gasteiger partial charge is 0.251 e. The van der Waals surface area contributed by atoms with Gasteiger partial charge < -0.3 is 14.8 Å². The van der Waals surface area contributed by atoms with Crippen LogP contribution >= 0.6 is 0 Å². The fourth-order valence-electron chi connectivity index (χ4n) is 2.44. The van der Waals surface area contributed by atoms with Crippen molar-refractivity contribution in [1.29, 1.82) is 0 Å². The molecule has 2 heterocycles. The molecule has 98 valence electrons. The van der Waals surface area contributed by atoms with Crippen molar-refractivity contribution < 1.29 is 14.3 Å². The lowest BCUT2D eigenvalue weighted by Crippen LogP contribution is -2.38. The fraction of sp³-hybridized carbons (Fsp3) is 0.923. The number of hydrogen-bond acceptors (Lipinski definition) is 3. The quantitative estimate of drug-likeness (QED) is 0.739. The van der Waals surface area contributed by atoms with Crippen molar-refractivity contribution in [2.24, 2.45) is 11.3 Å². The second kappa shape index (κ2) is 5.36. The van der Waals surface area contributed by atoms with Crippen molar-refractivity contribution in [2.45, 2.75) is 39.2 Å². The van der Waals surface area contributed by atoms with E-state index in [-0.39, 0.29) is 17.4 Å². The molecule has 0 aromatic carbocycles. The molecule has 1 atom stereocenters. The van der Waals surface area contributed by atoms with Crippen LogP contribution in [0.3, 0.4) is 0 Å². The van der Waals surface area contributed by atoms with Crippen LogP contribution in [0.5, 0.6) is 0 Å². The molecule has 2 aliphatic rings. The average Bonchev–Trinajstić information content (AvgIpc) is 3.10. The zero-order valence-electron chi connectivity index (χ0n) is 10.8. The summed E-state index contributed by atoms with van der Waals surface area (Å²) >= 11 is 0. The zero-order chi connectivity index (χ0) is 12.3. The minimum Gasteiger partial charge on any atom is -0.381 e. The van der Waals surface area contributed by atoms with Gasteiger partial charge in [-0.05, 0) is 30.6 Å². The lowest BCUT2D eigenvalue weighted by molar-refractivity contribution is -0.122. The third-order valence-electron chi connectivity index (χ3n) is 3.55. The summed E-state index contributed by atoms with van der Waals surface area (Å²) in [5, 5.41) is 2.98. The Morgan fingerprint density at radius 2 is 2.00 bits per heavy atom. The standard InChI is InChI=1S/C13H23NO3/c1-13(2,7-10-3-5-16-6-4-10)9-14-12(15)11-8-17-11/h10-11H,3-9H2,1-2H3,(H,14,15). The maximum atomic E-state index is 11.5. The van der Waals surface area contributed by atoms with E-state index in [0.717, 1.165) is 44.9 Å². The van der Waals surface area contributed by atoms with Crippen LogP contribution in [0.15, 0.2) is 0 Å². The van der Waals surface area contributed by atoms with Crippen LogP contribution in [0.2, 0.25) is 0 Å². The summed E-state index contributed by atoms with van der Waals surface area (Å²) in [6.45, 7) is 7.55. The molecule has 4 heteroatoms. The molecule has 4 nitrogen and oxygen atoms in total. The van der Waals surface area contributed by atoms with Crippen molar-refractivity contribution in [1.82, 2.24) is 5.32 Å². The molecule has 2 saturated heterocycles. The lowest BCUT2D eigenvalue weighted by atomic mass is 9.79. The summed E-state index contributed by atoms with van der Waals surface area (Å²) in [6.07, 6.45) is 3.29. The van der Waals surface area contributed by atoms with Gasteiger partial charge in [0.1, 0.15) is 0 Å². The second-order valence-corrected chi connectivity index (χ2v) is 5.96. The van der Waals surface area contributed by atoms with Crippen molar-refractivity contribution in [3.8, 4) is 0 Å². The van der Waals surface area contributed by atoms with E-state index in [4.69, 9.17) is 9.47 Å². The highest BCUT2D eigenvalue weighted by molar-refractivity contribution is 5.82. The first kappa shape index (κ1) is 12.8. The van der Waals surface area contributed by atoms with Gasteiger partial charge in [-0.2, -0.15) is 0 Å². The van der Waals surface area contributed by atoms with Crippen LogP contribution in [0.4, 0.5) is 0 Å². The predicted molar refractivity (Wildman–Crippen MR) is 64.7 cm³/mol. The molecule has 2 aliphatic heterocycles. The molecular formula is C13H23NO3. The molecular weight excluding hydrogens is 218 g/mol.